The average molecular weight is 201 g/mol. The van der Waals surface area contributed by atoms with Gasteiger partial charge in [-0.1, -0.05) is 11.6 Å². The molecule has 0 radical (unpaired) electrons. The lowest BCUT2D eigenvalue weighted by atomic mass is 10.3. The van der Waals surface area contributed by atoms with Gasteiger partial charge >= 0.3 is 0 Å². The molecule has 13 heavy (non-hydrogen) atoms. The van der Waals surface area contributed by atoms with Crippen molar-refractivity contribution >= 4 is 23.6 Å². The fourth-order valence-corrected chi connectivity index (χ4v) is 0.922. The first-order valence-electron chi connectivity index (χ1n) is 3.75. The van der Waals surface area contributed by atoms with E-state index >= 15 is 0 Å². The van der Waals surface area contributed by atoms with E-state index in [1.54, 1.807) is 17.3 Å². The van der Waals surface area contributed by atoms with Crippen LogP contribution in [0.1, 0.15) is 0 Å². The molecular formula is C9H10ClFN2. The first-order valence-corrected chi connectivity index (χ1v) is 4.13. The summed E-state index contributed by atoms with van der Waals surface area (Å²) in [6.45, 7) is 0. The molecule has 0 aliphatic carbocycles. The Bertz CT molecular complexity index is 323. The van der Waals surface area contributed by atoms with E-state index in [0.29, 0.717) is 5.69 Å². The van der Waals surface area contributed by atoms with E-state index in [0.717, 1.165) is 0 Å². The van der Waals surface area contributed by atoms with E-state index in [-0.39, 0.29) is 5.02 Å². The SMILES string of the molecule is CN(C)/C=N\c1ccc(F)c(Cl)c1. The lowest BCUT2D eigenvalue weighted by Gasteiger charge is -2.02. The van der Waals surface area contributed by atoms with Crippen LogP contribution in [0.2, 0.25) is 5.02 Å². The number of hydrogen-bond acceptors (Lipinski definition) is 1. The van der Waals surface area contributed by atoms with Gasteiger partial charge in [-0.2, -0.15) is 0 Å². The van der Waals surface area contributed by atoms with E-state index in [4.69, 9.17) is 11.6 Å². The van der Waals surface area contributed by atoms with Crippen molar-refractivity contribution in [1.82, 2.24) is 4.90 Å². The van der Waals surface area contributed by atoms with Crippen molar-refractivity contribution in [3.63, 3.8) is 0 Å². The van der Waals surface area contributed by atoms with E-state index in [1.807, 2.05) is 14.1 Å². The van der Waals surface area contributed by atoms with Gasteiger partial charge in [0.25, 0.3) is 0 Å². The molecule has 2 nitrogen and oxygen atoms in total. The molecule has 1 rings (SSSR count). The maximum absolute atomic E-state index is 12.7. The van der Waals surface area contributed by atoms with Gasteiger partial charge in [-0.05, 0) is 18.2 Å². The molecule has 1 aromatic carbocycles. The van der Waals surface area contributed by atoms with Gasteiger partial charge in [0.05, 0.1) is 17.0 Å². The molecule has 1 aromatic rings. The van der Waals surface area contributed by atoms with Crippen LogP contribution in [0.15, 0.2) is 23.2 Å². The summed E-state index contributed by atoms with van der Waals surface area (Å²) in [7, 11) is 3.71. The smallest absolute Gasteiger partial charge is 0.141 e. The van der Waals surface area contributed by atoms with Crippen molar-refractivity contribution in [3.8, 4) is 0 Å². The quantitative estimate of drug-likeness (QED) is 0.530. The van der Waals surface area contributed by atoms with E-state index in [1.165, 1.54) is 12.1 Å². The molecule has 0 spiro atoms. The van der Waals surface area contributed by atoms with E-state index in [2.05, 4.69) is 4.99 Å². The minimum absolute atomic E-state index is 0.0911. The Labute approximate surface area is 81.7 Å². The molecule has 0 heterocycles. The molecular weight excluding hydrogens is 191 g/mol. The third-order valence-electron chi connectivity index (χ3n) is 1.34. The second kappa shape index (κ2) is 4.23. The highest BCUT2D eigenvalue weighted by Crippen LogP contribution is 2.20. The highest BCUT2D eigenvalue weighted by molar-refractivity contribution is 6.31. The minimum atomic E-state index is -0.425. The molecule has 0 fully saturated rings. The lowest BCUT2D eigenvalue weighted by Crippen LogP contribution is -2.06. The van der Waals surface area contributed by atoms with Crippen molar-refractivity contribution < 1.29 is 4.39 Å². The number of hydrogen-bond donors (Lipinski definition) is 0. The normalized spacial score (nSPS) is 10.8. The number of halogens is 2. The predicted molar refractivity (Wildman–Crippen MR) is 53.2 cm³/mol. The van der Waals surface area contributed by atoms with Gasteiger partial charge in [-0.15, -0.1) is 0 Å². The van der Waals surface area contributed by atoms with Crippen molar-refractivity contribution in [1.29, 1.82) is 0 Å². The van der Waals surface area contributed by atoms with Crippen LogP contribution >= 0.6 is 11.6 Å². The summed E-state index contributed by atoms with van der Waals surface area (Å²) in [5.41, 5.74) is 0.639. The van der Waals surface area contributed by atoms with Gasteiger partial charge in [-0.25, -0.2) is 9.38 Å². The molecule has 0 N–H and O–H groups in total. The Morgan fingerprint density at radius 3 is 2.69 bits per heavy atom. The van der Waals surface area contributed by atoms with Gasteiger partial charge in [0.1, 0.15) is 5.82 Å². The summed E-state index contributed by atoms with van der Waals surface area (Å²) < 4.78 is 12.7. The first-order chi connectivity index (χ1) is 6.09. The first kappa shape index (κ1) is 9.99. The third kappa shape index (κ3) is 3.03. The summed E-state index contributed by atoms with van der Waals surface area (Å²) in [4.78, 5) is 5.85. The molecule has 0 aromatic heterocycles. The summed E-state index contributed by atoms with van der Waals surface area (Å²) in [5, 5.41) is 0.0911. The Balaban J connectivity index is 2.85. The van der Waals surface area contributed by atoms with Crippen molar-refractivity contribution in [3.05, 3.63) is 29.0 Å². The topological polar surface area (TPSA) is 15.6 Å². The molecule has 0 saturated heterocycles. The van der Waals surface area contributed by atoms with Crippen molar-refractivity contribution in [2.24, 2.45) is 4.99 Å². The van der Waals surface area contributed by atoms with Crippen LogP contribution in [0.4, 0.5) is 10.1 Å². The number of rotatable bonds is 2. The Morgan fingerprint density at radius 2 is 2.15 bits per heavy atom. The third-order valence-corrected chi connectivity index (χ3v) is 1.63. The number of aliphatic imine (C=N–C) groups is 1. The highest BCUT2D eigenvalue weighted by atomic mass is 35.5. The second-order valence-corrected chi connectivity index (χ2v) is 3.21. The van der Waals surface area contributed by atoms with Crippen LogP contribution in [0, 0.1) is 5.82 Å². The molecule has 70 valence electrons. The molecule has 0 atom stereocenters. The Kier molecular flexibility index (Phi) is 3.25. The second-order valence-electron chi connectivity index (χ2n) is 2.81. The summed E-state index contributed by atoms with van der Waals surface area (Å²) in [6, 6.07) is 4.35. The maximum atomic E-state index is 12.7. The predicted octanol–water partition coefficient (Wildman–Crippen LogP) is 2.70. The Hall–Kier alpha value is -1.09. The van der Waals surface area contributed by atoms with Crippen LogP contribution < -0.4 is 0 Å². The van der Waals surface area contributed by atoms with Crippen LogP contribution in [0.25, 0.3) is 0 Å². The molecule has 0 saturated carbocycles. The molecule has 0 unspecified atom stereocenters. The molecule has 0 amide bonds. The van der Waals surface area contributed by atoms with Gasteiger partial charge in [-0.3, -0.25) is 0 Å². The van der Waals surface area contributed by atoms with Crippen molar-refractivity contribution in [2.75, 3.05) is 14.1 Å². The van der Waals surface area contributed by atoms with Gasteiger partial charge < -0.3 is 4.90 Å². The molecule has 0 aliphatic heterocycles. The minimum Gasteiger partial charge on any atom is -0.369 e. The standard InChI is InChI=1S/C9H10ClFN2/c1-13(2)6-12-7-3-4-9(11)8(10)5-7/h3-6H,1-2H3/b12-6-. The highest BCUT2D eigenvalue weighted by Gasteiger charge is 1.98. The summed E-state index contributed by atoms with van der Waals surface area (Å²) in [5.74, 6) is -0.425. The van der Waals surface area contributed by atoms with E-state index in [9.17, 15) is 4.39 Å². The fourth-order valence-electron chi connectivity index (χ4n) is 0.747. The molecule has 0 aliphatic rings. The van der Waals surface area contributed by atoms with E-state index < -0.39 is 5.82 Å². The number of benzene rings is 1. The fraction of sp³-hybridized carbons (Fsp3) is 0.222. The van der Waals surface area contributed by atoms with Crippen LogP contribution in [-0.4, -0.2) is 25.3 Å². The largest absolute Gasteiger partial charge is 0.369 e. The zero-order valence-corrected chi connectivity index (χ0v) is 8.22. The van der Waals surface area contributed by atoms with Crippen LogP contribution in [0.5, 0.6) is 0 Å². The lowest BCUT2D eigenvalue weighted by molar-refractivity contribution is 0.628. The van der Waals surface area contributed by atoms with Gasteiger partial charge in [0.15, 0.2) is 0 Å². The summed E-state index contributed by atoms with van der Waals surface area (Å²) >= 11 is 5.57. The molecule has 4 heteroatoms. The monoisotopic (exact) mass is 200 g/mol. The van der Waals surface area contributed by atoms with Crippen LogP contribution in [-0.2, 0) is 0 Å². The number of nitrogens with zero attached hydrogens (tertiary/aromatic N) is 2. The molecule has 0 bridgehead atoms. The Morgan fingerprint density at radius 1 is 1.46 bits per heavy atom. The maximum Gasteiger partial charge on any atom is 0.141 e. The van der Waals surface area contributed by atoms with Gasteiger partial charge in [0.2, 0.25) is 0 Å². The summed E-state index contributed by atoms with van der Waals surface area (Å²) in [6.07, 6.45) is 1.63. The van der Waals surface area contributed by atoms with Crippen LogP contribution in [0.3, 0.4) is 0 Å². The zero-order chi connectivity index (χ0) is 9.84. The zero-order valence-electron chi connectivity index (χ0n) is 7.46. The van der Waals surface area contributed by atoms with Gasteiger partial charge in [0, 0.05) is 14.1 Å². The van der Waals surface area contributed by atoms with Crippen molar-refractivity contribution in [2.45, 2.75) is 0 Å². The average Bonchev–Trinajstić information content (AvgIpc) is 2.07.